The third-order valence-electron chi connectivity index (χ3n) is 6.97. The molecule has 1 N–H and O–H groups in total. The van der Waals surface area contributed by atoms with Gasteiger partial charge < -0.3 is 14.6 Å². The van der Waals surface area contributed by atoms with Gasteiger partial charge in [0.15, 0.2) is 0 Å². The van der Waals surface area contributed by atoms with Crippen LogP contribution >= 0.6 is 7.14 Å². The van der Waals surface area contributed by atoms with Crippen molar-refractivity contribution >= 4 is 40.2 Å². The van der Waals surface area contributed by atoms with Crippen molar-refractivity contribution in [3.8, 4) is 11.5 Å². The second kappa shape index (κ2) is 10.9. The Hall–Kier alpha value is -4.29. The van der Waals surface area contributed by atoms with Crippen LogP contribution in [0.2, 0.25) is 0 Å². The number of halogens is 1. The molecule has 1 atom stereocenters. The fraction of sp³-hybridized carbons (Fsp3) is 0.219. The minimum Gasteiger partial charge on any atom is -0.456 e. The molecule has 0 radical (unpaired) electrons. The average Bonchev–Trinajstić information content (AvgIpc) is 3.42. The molecule has 9 heteroatoms. The first kappa shape index (κ1) is 28.2. The number of carbonyl (C=O) groups excluding carboxylic acids is 1. The summed E-state index contributed by atoms with van der Waals surface area (Å²) in [4.78, 5) is 17.1. The van der Waals surface area contributed by atoms with Crippen LogP contribution in [0.1, 0.15) is 31.9 Å². The maximum atomic E-state index is 15.4. The number of carbonyl (C=O) groups is 1. The maximum Gasteiger partial charge on any atom is 0.228 e. The third-order valence-corrected chi connectivity index (χ3v) is 9.52. The fourth-order valence-electron chi connectivity index (χ4n) is 4.55. The second-order valence-electron chi connectivity index (χ2n) is 11.1. The van der Waals surface area contributed by atoms with E-state index in [1.807, 2.05) is 69.3 Å². The van der Waals surface area contributed by atoms with E-state index < -0.39 is 13.0 Å². The summed E-state index contributed by atoms with van der Waals surface area (Å²) < 4.78 is 37.1. The van der Waals surface area contributed by atoms with Gasteiger partial charge in [0.2, 0.25) is 5.91 Å². The molecule has 0 spiro atoms. The maximum absolute atomic E-state index is 15.4. The van der Waals surface area contributed by atoms with Crippen LogP contribution in [0.3, 0.4) is 0 Å². The number of rotatable bonds is 7. The molecule has 7 nitrogen and oxygen atoms in total. The van der Waals surface area contributed by atoms with Crippen molar-refractivity contribution in [2.24, 2.45) is 0 Å². The number of nitrogens with zero attached hydrogens (tertiary/aromatic N) is 3. The highest BCUT2D eigenvalue weighted by atomic mass is 31.2. The van der Waals surface area contributed by atoms with E-state index in [4.69, 9.17) is 4.74 Å². The zero-order valence-corrected chi connectivity index (χ0v) is 24.6. The fourth-order valence-corrected chi connectivity index (χ4v) is 6.32. The number of pyridine rings is 1. The molecule has 1 unspecified atom stereocenters. The molecule has 0 aliphatic heterocycles. The van der Waals surface area contributed by atoms with E-state index in [0.29, 0.717) is 33.4 Å². The SMILES string of the molecule is Cc1c(Oc2ccnc3ccc(P(C)(=O)c4ccccc4)cc23)ccc(CC(=O)Nc2cnn(C(C)(C)C)c2)c1F. The minimum atomic E-state index is -2.86. The number of hydrogen-bond acceptors (Lipinski definition) is 5. The van der Waals surface area contributed by atoms with E-state index in [0.717, 1.165) is 5.30 Å². The normalized spacial score (nSPS) is 13.1. The quantitative estimate of drug-likeness (QED) is 0.224. The van der Waals surface area contributed by atoms with Crippen LogP contribution in [-0.4, -0.2) is 27.3 Å². The Morgan fingerprint density at radius 2 is 1.78 bits per heavy atom. The van der Waals surface area contributed by atoms with Crippen molar-refractivity contribution in [1.82, 2.24) is 14.8 Å². The number of fused-ring (bicyclic) bond motifs is 1. The molecule has 0 aliphatic rings. The van der Waals surface area contributed by atoms with Crippen LogP contribution in [0.25, 0.3) is 10.9 Å². The van der Waals surface area contributed by atoms with E-state index in [9.17, 15) is 9.36 Å². The van der Waals surface area contributed by atoms with E-state index in [-0.39, 0.29) is 29.0 Å². The largest absolute Gasteiger partial charge is 0.456 e. The van der Waals surface area contributed by atoms with Crippen LogP contribution in [0.5, 0.6) is 11.5 Å². The van der Waals surface area contributed by atoms with Gasteiger partial charge in [-0.05, 0) is 70.3 Å². The van der Waals surface area contributed by atoms with Gasteiger partial charge in [-0.2, -0.15) is 5.10 Å². The standard InChI is InChI=1S/C32H32FN4O3P/c1-21-28(14-11-22(31(21)33)17-30(38)36-23-19-35-37(20-23)32(2,3)4)40-29-15-16-34-27-13-12-25(18-26(27)29)41(5,39)24-9-7-6-8-10-24/h6-16,18-20H,17H2,1-5H3,(H,36,38). The molecule has 2 heterocycles. The Morgan fingerprint density at radius 3 is 2.49 bits per heavy atom. The Bertz CT molecular complexity index is 1790. The lowest BCUT2D eigenvalue weighted by atomic mass is 10.1. The van der Waals surface area contributed by atoms with Gasteiger partial charge in [0.1, 0.15) is 24.5 Å². The van der Waals surface area contributed by atoms with Crippen LogP contribution < -0.4 is 20.7 Å². The van der Waals surface area contributed by atoms with E-state index >= 15 is 4.39 Å². The number of aromatic nitrogens is 3. The summed E-state index contributed by atoms with van der Waals surface area (Å²) in [6.07, 6.45) is 4.80. The summed E-state index contributed by atoms with van der Waals surface area (Å²) in [5.74, 6) is -0.0720. The summed E-state index contributed by atoms with van der Waals surface area (Å²) in [7, 11) is -2.86. The van der Waals surface area contributed by atoms with Crippen LogP contribution in [0, 0.1) is 12.7 Å². The molecule has 5 rings (SSSR count). The van der Waals surface area contributed by atoms with Crippen LogP contribution in [-0.2, 0) is 21.3 Å². The molecule has 210 valence electrons. The van der Waals surface area contributed by atoms with Crippen molar-refractivity contribution in [3.63, 3.8) is 0 Å². The predicted octanol–water partition coefficient (Wildman–Crippen LogP) is 6.55. The van der Waals surface area contributed by atoms with Crippen molar-refractivity contribution in [2.45, 2.75) is 39.7 Å². The number of hydrogen-bond donors (Lipinski definition) is 1. The van der Waals surface area contributed by atoms with E-state index in [1.165, 1.54) is 0 Å². The molecular weight excluding hydrogens is 538 g/mol. The lowest BCUT2D eigenvalue weighted by Gasteiger charge is -2.18. The molecule has 41 heavy (non-hydrogen) atoms. The average molecular weight is 571 g/mol. The summed E-state index contributed by atoms with van der Waals surface area (Å²) in [5.41, 5.74) is 1.53. The lowest BCUT2D eigenvalue weighted by Crippen LogP contribution is -2.22. The highest BCUT2D eigenvalue weighted by Gasteiger charge is 2.22. The molecular formula is C32H32FN4O3P. The number of benzene rings is 3. The van der Waals surface area contributed by atoms with Gasteiger partial charge in [-0.25, -0.2) is 4.39 Å². The van der Waals surface area contributed by atoms with Gasteiger partial charge in [-0.3, -0.25) is 14.5 Å². The summed E-state index contributed by atoms with van der Waals surface area (Å²) in [6.45, 7) is 9.38. The van der Waals surface area contributed by atoms with Crippen molar-refractivity contribution in [2.75, 3.05) is 12.0 Å². The summed E-state index contributed by atoms with van der Waals surface area (Å²) in [5, 5.41) is 9.16. The number of ether oxygens (including phenoxy) is 1. The molecule has 0 aliphatic carbocycles. The van der Waals surface area contributed by atoms with Crippen molar-refractivity contribution < 1.29 is 18.5 Å². The second-order valence-corrected chi connectivity index (χ2v) is 14.0. The number of amides is 1. The molecule has 0 saturated carbocycles. The molecule has 3 aromatic carbocycles. The highest BCUT2D eigenvalue weighted by Crippen LogP contribution is 2.40. The molecule has 2 aromatic heterocycles. The Balaban J connectivity index is 1.38. The van der Waals surface area contributed by atoms with Crippen molar-refractivity contribution in [1.29, 1.82) is 0 Å². The van der Waals surface area contributed by atoms with Gasteiger partial charge in [-0.15, -0.1) is 0 Å². The van der Waals surface area contributed by atoms with Crippen LogP contribution in [0.4, 0.5) is 10.1 Å². The monoisotopic (exact) mass is 570 g/mol. The summed E-state index contributed by atoms with van der Waals surface area (Å²) >= 11 is 0. The topological polar surface area (TPSA) is 86.1 Å². The third kappa shape index (κ3) is 5.93. The molecule has 5 aromatic rings. The van der Waals surface area contributed by atoms with Gasteiger partial charge >= 0.3 is 0 Å². The lowest BCUT2D eigenvalue weighted by molar-refractivity contribution is -0.115. The molecule has 1 amide bonds. The van der Waals surface area contributed by atoms with Crippen LogP contribution in [0.15, 0.2) is 85.3 Å². The zero-order chi connectivity index (χ0) is 29.4. The smallest absolute Gasteiger partial charge is 0.228 e. The molecule has 0 bridgehead atoms. The van der Waals surface area contributed by atoms with Gasteiger partial charge in [-0.1, -0.05) is 36.4 Å². The Kier molecular flexibility index (Phi) is 7.54. The first-order chi connectivity index (χ1) is 19.4. The van der Waals surface area contributed by atoms with Gasteiger partial charge in [0.05, 0.1) is 29.4 Å². The molecule has 0 fully saturated rings. The minimum absolute atomic E-state index is 0.138. The Labute approximate surface area is 238 Å². The van der Waals surface area contributed by atoms with Gasteiger partial charge in [0, 0.05) is 34.0 Å². The Morgan fingerprint density at radius 1 is 1.02 bits per heavy atom. The number of anilines is 1. The number of nitrogens with one attached hydrogen (secondary N) is 1. The first-order valence-corrected chi connectivity index (χ1v) is 15.4. The van der Waals surface area contributed by atoms with E-state index in [2.05, 4.69) is 15.4 Å². The first-order valence-electron chi connectivity index (χ1n) is 13.3. The predicted molar refractivity (Wildman–Crippen MR) is 162 cm³/mol. The van der Waals surface area contributed by atoms with Crippen molar-refractivity contribution in [3.05, 3.63) is 102 Å². The van der Waals surface area contributed by atoms with E-state index in [1.54, 1.807) is 55.1 Å². The summed E-state index contributed by atoms with van der Waals surface area (Å²) in [6, 6.07) is 19.7. The highest BCUT2D eigenvalue weighted by molar-refractivity contribution is 7.78. The van der Waals surface area contributed by atoms with Gasteiger partial charge in [0.25, 0.3) is 0 Å². The molecule has 0 saturated heterocycles. The zero-order valence-electron chi connectivity index (χ0n) is 23.7.